The molecule has 1 rings (SSSR count). The molecule has 1 aromatic carbocycles. The van der Waals surface area contributed by atoms with E-state index < -0.39 is 5.97 Å². The van der Waals surface area contributed by atoms with Gasteiger partial charge in [0, 0.05) is 18.5 Å². The number of hydrogen-bond acceptors (Lipinski definition) is 3. The highest BCUT2D eigenvalue weighted by Crippen LogP contribution is 2.22. The van der Waals surface area contributed by atoms with Crippen LogP contribution in [0.15, 0.2) is 18.2 Å². The van der Waals surface area contributed by atoms with Gasteiger partial charge >= 0.3 is 5.97 Å². The molecule has 0 saturated carbocycles. The van der Waals surface area contributed by atoms with Gasteiger partial charge < -0.3 is 15.7 Å². The number of carboxylic acid groups (broad SMARTS) is 1. The summed E-state index contributed by atoms with van der Waals surface area (Å²) in [6, 6.07) is 4.34. The topological polar surface area (TPSA) is 95.5 Å². The highest BCUT2D eigenvalue weighted by molar-refractivity contribution is 6.02. The minimum atomic E-state index is -1.17. The second kappa shape index (κ2) is 6.88. The van der Waals surface area contributed by atoms with Crippen molar-refractivity contribution in [3.05, 3.63) is 23.8 Å². The number of aromatic carboxylic acids is 1. The Morgan fingerprint density at radius 1 is 1.10 bits per heavy atom. The van der Waals surface area contributed by atoms with Gasteiger partial charge in [0.15, 0.2) is 0 Å². The van der Waals surface area contributed by atoms with Crippen LogP contribution in [0.3, 0.4) is 0 Å². The fourth-order valence-electron chi connectivity index (χ4n) is 1.66. The SMILES string of the molecule is CC(=O)Nc1ccc(NC(=O)C(C)C(C)C)c(C(=O)O)c1. The fraction of sp³-hybridized carbons (Fsp3) is 0.400. The van der Waals surface area contributed by atoms with E-state index in [9.17, 15) is 19.5 Å². The van der Waals surface area contributed by atoms with Gasteiger partial charge in [0.2, 0.25) is 11.8 Å². The predicted molar refractivity (Wildman–Crippen MR) is 80.3 cm³/mol. The average Bonchev–Trinajstić information content (AvgIpc) is 2.38. The van der Waals surface area contributed by atoms with Crippen molar-refractivity contribution in [2.75, 3.05) is 10.6 Å². The van der Waals surface area contributed by atoms with Crippen molar-refractivity contribution in [1.29, 1.82) is 0 Å². The fourth-order valence-corrected chi connectivity index (χ4v) is 1.66. The number of benzene rings is 1. The molecule has 1 unspecified atom stereocenters. The van der Waals surface area contributed by atoms with Crippen molar-refractivity contribution in [2.24, 2.45) is 11.8 Å². The molecular weight excluding hydrogens is 272 g/mol. The van der Waals surface area contributed by atoms with Crippen molar-refractivity contribution in [2.45, 2.75) is 27.7 Å². The lowest BCUT2D eigenvalue weighted by atomic mass is 9.97. The zero-order valence-electron chi connectivity index (χ0n) is 12.6. The van der Waals surface area contributed by atoms with Crippen LogP contribution in [0.2, 0.25) is 0 Å². The Balaban J connectivity index is 3.04. The van der Waals surface area contributed by atoms with Gasteiger partial charge in [-0.05, 0) is 24.1 Å². The summed E-state index contributed by atoms with van der Waals surface area (Å²) in [7, 11) is 0. The lowest BCUT2D eigenvalue weighted by Gasteiger charge is -2.17. The molecule has 0 aliphatic carbocycles. The van der Waals surface area contributed by atoms with Crippen molar-refractivity contribution in [1.82, 2.24) is 0 Å². The van der Waals surface area contributed by atoms with Gasteiger partial charge in [-0.15, -0.1) is 0 Å². The van der Waals surface area contributed by atoms with E-state index in [1.807, 2.05) is 13.8 Å². The third-order valence-corrected chi connectivity index (χ3v) is 3.24. The lowest BCUT2D eigenvalue weighted by molar-refractivity contribution is -0.120. The molecule has 0 aliphatic heterocycles. The number of anilines is 2. The molecule has 0 radical (unpaired) electrons. The zero-order chi connectivity index (χ0) is 16.2. The number of amides is 2. The van der Waals surface area contributed by atoms with Crippen LogP contribution in [-0.2, 0) is 9.59 Å². The lowest BCUT2D eigenvalue weighted by Crippen LogP contribution is -2.25. The largest absolute Gasteiger partial charge is 0.478 e. The Hall–Kier alpha value is -2.37. The summed E-state index contributed by atoms with van der Waals surface area (Å²) in [5.74, 6) is -1.79. The summed E-state index contributed by atoms with van der Waals surface area (Å²) in [6.07, 6.45) is 0. The number of carbonyl (C=O) groups is 3. The average molecular weight is 292 g/mol. The maximum absolute atomic E-state index is 12.0. The molecule has 0 spiro atoms. The molecule has 0 aliphatic rings. The summed E-state index contributed by atoms with van der Waals surface area (Å²) in [5.41, 5.74) is 0.523. The van der Waals surface area contributed by atoms with Crippen LogP contribution in [-0.4, -0.2) is 22.9 Å². The van der Waals surface area contributed by atoms with E-state index in [2.05, 4.69) is 10.6 Å². The number of hydrogen-bond donors (Lipinski definition) is 3. The molecular formula is C15H20N2O4. The molecule has 0 heterocycles. The minimum absolute atomic E-state index is 0.0643. The second-order valence-corrected chi connectivity index (χ2v) is 5.27. The molecule has 1 aromatic rings. The normalized spacial score (nSPS) is 11.9. The Bertz CT molecular complexity index is 567. The van der Waals surface area contributed by atoms with E-state index in [0.29, 0.717) is 5.69 Å². The molecule has 3 N–H and O–H groups in total. The Morgan fingerprint density at radius 3 is 2.19 bits per heavy atom. The van der Waals surface area contributed by atoms with Crippen LogP contribution in [0.5, 0.6) is 0 Å². The highest BCUT2D eigenvalue weighted by Gasteiger charge is 2.19. The number of nitrogens with one attached hydrogen (secondary N) is 2. The van der Waals surface area contributed by atoms with Crippen molar-refractivity contribution in [3.8, 4) is 0 Å². The van der Waals surface area contributed by atoms with Gasteiger partial charge in [-0.25, -0.2) is 4.79 Å². The van der Waals surface area contributed by atoms with Gasteiger partial charge in [-0.2, -0.15) is 0 Å². The first-order chi connectivity index (χ1) is 9.72. The van der Waals surface area contributed by atoms with Crippen LogP contribution in [0, 0.1) is 11.8 Å². The number of carboxylic acids is 1. The van der Waals surface area contributed by atoms with Crippen LogP contribution in [0.25, 0.3) is 0 Å². The quantitative estimate of drug-likeness (QED) is 0.777. The van der Waals surface area contributed by atoms with E-state index in [0.717, 1.165) is 0 Å². The highest BCUT2D eigenvalue weighted by atomic mass is 16.4. The summed E-state index contributed by atoms with van der Waals surface area (Å²) < 4.78 is 0. The summed E-state index contributed by atoms with van der Waals surface area (Å²) >= 11 is 0. The maximum atomic E-state index is 12.0. The molecule has 0 bridgehead atoms. The Kier molecular flexibility index (Phi) is 5.46. The summed E-state index contributed by atoms with van der Waals surface area (Å²) in [5, 5.41) is 14.3. The van der Waals surface area contributed by atoms with Crippen LogP contribution < -0.4 is 10.6 Å². The number of carbonyl (C=O) groups excluding carboxylic acids is 2. The Morgan fingerprint density at radius 2 is 1.71 bits per heavy atom. The molecule has 21 heavy (non-hydrogen) atoms. The molecule has 0 fully saturated rings. The molecule has 6 heteroatoms. The molecule has 1 atom stereocenters. The minimum Gasteiger partial charge on any atom is -0.478 e. The third kappa shape index (κ3) is 4.59. The first-order valence-corrected chi connectivity index (χ1v) is 6.68. The molecule has 0 aromatic heterocycles. The Labute approximate surface area is 123 Å². The van der Waals surface area contributed by atoms with E-state index in [-0.39, 0.29) is 34.9 Å². The molecule has 2 amide bonds. The van der Waals surface area contributed by atoms with E-state index in [1.165, 1.54) is 19.1 Å². The van der Waals surface area contributed by atoms with E-state index in [1.54, 1.807) is 13.0 Å². The standard InChI is InChI=1S/C15H20N2O4/c1-8(2)9(3)14(19)17-13-6-5-11(16-10(4)18)7-12(13)15(20)21/h5-9H,1-4H3,(H,16,18)(H,17,19)(H,20,21). The van der Waals surface area contributed by atoms with Crippen molar-refractivity contribution >= 4 is 29.2 Å². The first kappa shape index (κ1) is 16.7. The van der Waals surface area contributed by atoms with Crippen LogP contribution in [0.4, 0.5) is 11.4 Å². The van der Waals surface area contributed by atoms with Crippen molar-refractivity contribution < 1.29 is 19.5 Å². The second-order valence-electron chi connectivity index (χ2n) is 5.27. The van der Waals surface area contributed by atoms with Gasteiger partial charge in [-0.3, -0.25) is 9.59 Å². The van der Waals surface area contributed by atoms with Gasteiger partial charge in [-0.1, -0.05) is 20.8 Å². The van der Waals surface area contributed by atoms with Crippen LogP contribution in [0.1, 0.15) is 38.1 Å². The summed E-state index contributed by atoms with van der Waals surface area (Å²) in [6.45, 7) is 6.96. The van der Waals surface area contributed by atoms with Crippen molar-refractivity contribution in [3.63, 3.8) is 0 Å². The molecule has 0 saturated heterocycles. The summed E-state index contributed by atoms with van der Waals surface area (Å²) in [4.78, 5) is 34.3. The smallest absolute Gasteiger partial charge is 0.337 e. The predicted octanol–water partition coefficient (Wildman–Crippen LogP) is 2.57. The van der Waals surface area contributed by atoms with Gasteiger partial charge in [0.1, 0.15) is 0 Å². The zero-order valence-corrected chi connectivity index (χ0v) is 12.6. The monoisotopic (exact) mass is 292 g/mol. The van der Waals surface area contributed by atoms with Crippen LogP contribution >= 0.6 is 0 Å². The first-order valence-electron chi connectivity index (χ1n) is 6.68. The molecule has 114 valence electrons. The molecule has 6 nitrogen and oxygen atoms in total. The maximum Gasteiger partial charge on any atom is 0.337 e. The van der Waals surface area contributed by atoms with Gasteiger partial charge in [0.25, 0.3) is 0 Å². The third-order valence-electron chi connectivity index (χ3n) is 3.24. The van der Waals surface area contributed by atoms with Gasteiger partial charge in [0.05, 0.1) is 11.3 Å². The van der Waals surface area contributed by atoms with E-state index >= 15 is 0 Å². The van der Waals surface area contributed by atoms with E-state index in [4.69, 9.17) is 0 Å². The number of rotatable bonds is 5.